The average Bonchev–Trinajstić information content (AvgIpc) is 2.41. The van der Waals surface area contributed by atoms with Gasteiger partial charge in [0, 0.05) is 21.6 Å². The van der Waals surface area contributed by atoms with Crippen molar-refractivity contribution in [1.82, 2.24) is 5.32 Å². The molecule has 100 valence electrons. The fourth-order valence-electron chi connectivity index (χ4n) is 1.94. The largest absolute Gasteiger partial charge is 0.313 e. The van der Waals surface area contributed by atoms with E-state index in [1.165, 1.54) is 5.56 Å². The molecule has 0 aromatic heterocycles. The summed E-state index contributed by atoms with van der Waals surface area (Å²) in [6.45, 7) is 4.07. The molecule has 3 heteroatoms. The smallest absolute Gasteiger partial charge is 0.0487 e. The van der Waals surface area contributed by atoms with Crippen LogP contribution in [0.4, 0.5) is 0 Å². The van der Waals surface area contributed by atoms with Gasteiger partial charge in [-0.2, -0.15) is 0 Å². The molecule has 0 amide bonds. The van der Waals surface area contributed by atoms with Gasteiger partial charge in [0.05, 0.1) is 0 Å². The van der Waals surface area contributed by atoms with Gasteiger partial charge in [-0.15, -0.1) is 0 Å². The maximum atomic E-state index is 6.38. The molecular formula is C16H17BrClN. The van der Waals surface area contributed by atoms with E-state index in [9.17, 15) is 0 Å². The van der Waals surface area contributed by atoms with Gasteiger partial charge in [0.2, 0.25) is 0 Å². The first-order valence-corrected chi connectivity index (χ1v) is 7.63. The van der Waals surface area contributed by atoms with Gasteiger partial charge in [-0.25, -0.2) is 0 Å². The van der Waals surface area contributed by atoms with Gasteiger partial charge >= 0.3 is 0 Å². The fraction of sp³-hybridized carbons (Fsp3) is 0.250. The highest BCUT2D eigenvalue weighted by atomic mass is 79.9. The molecule has 2 aromatic carbocycles. The number of hydrogen-bond acceptors (Lipinski definition) is 1. The van der Waals surface area contributed by atoms with Crippen LogP contribution in [0.5, 0.6) is 0 Å². The van der Waals surface area contributed by atoms with Crippen molar-refractivity contribution in [3.63, 3.8) is 0 Å². The molecule has 0 fully saturated rings. The number of halogens is 2. The quantitative estimate of drug-likeness (QED) is 0.732. The second kappa shape index (κ2) is 7.09. The van der Waals surface area contributed by atoms with Crippen molar-refractivity contribution in [2.45, 2.75) is 19.9 Å². The molecule has 1 N–H and O–H groups in total. The maximum absolute atomic E-state index is 6.38. The Morgan fingerprint density at radius 1 is 1.11 bits per heavy atom. The summed E-state index contributed by atoms with van der Waals surface area (Å²) in [5.74, 6) is 0. The third-order valence-corrected chi connectivity index (χ3v) is 3.79. The highest BCUT2D eigenvalue weighted by Gasteiger charge is 2.04. The third kappa shape index (κ3) is 4.07. The average molecular weight is 339 g/mol. The van der Waals surface area contributed by atoms with E-state index >= 15 is 0 Å². The zero-order valence-corrected chi connectivity index (χ0v) is 13.3. The third-order valence-electron chi connectivity index (χ3n) is 2.94. The Bertz CT molecular complexity index is 537. The van der Waals surface area contributed by atoms with Crippen molar-refractivity contribution in [2.24, 2.45) is 0 Å². The van der Waals surface area contributed by atoms with Crippen LogP contribution in [0.3, 0.4) is 0 Å². The second-order valence-corrected chi connectivity index (χ2v) is 5.82. The summed E-state index contributed by atoms with van der Waals surface area (Å²) >= 11 is 9.82. The van der Waals surface area contributed by atoms with Crippen molar-refractivity contribution >= 4 is 27.5 Å². The minimum Gasteiger partial charge on any atom is -0.313 e. The monoisotopic (exact) mass is 337 g/mol. The number of rotatable bonds is 5. The highest BCUT2D eigenvalue weighted by molar-refractivity contribution is 9.10. The SMILES string of the molecule is CCCNCc1ccc(-c2ccc(Br)cc2)c(Cl)c1. The van der Waals surface area contributed by atoms with Crippen LogP contribution in [-0.2, 0) is 6.54 Å². The van der Waals surface area contributed by atoms with Gasteiger partial charge in [-0.1, -0.05) is 58.7 Å². The molecule has 0 aliphatic carbocycles. The summed E-state index contributed by atoms with van der Waals surface area (Å²) in [7, 11) is 0. The molecule has 0 saturated carbocycles. The molecule has 1 nitrogen and oxygen atoms in total. The minimum absolute atomic E-state index is 0.804. The first kappa shape index (κ1) is 14.6. The molecule has 0 bridgehead atoms. The number of nitrogens with one attached hydrogen (secondary N) is 1. The van der Waals surface area contributed by atoms with Crippen molar-refractivity contribution < 1.29 is 0 Å². The highest BCUT2D eigenvalue weighted by Crippen LogP contribution is 2.29. The lowest BCUT2D eigenvalue weighted by molar-refractivity contribution is 0.675. The molecule has 0 aliphatic rings. The number of benzene rings is 2. The molecule has 2 aromatic rings. The van der Waals surface area contributed by atoms with Gasteiger partial charge in [-0.05, 0) is 42.3 Å². The maximum Gasteiger partial charge on any atom is 0.0487 e. The first-order valence-electron chi connectivity index (χ1n) is 6.46. The Kier molecular flexibility index (Phi) is 5.44. The normalized spacial score (nSPS) is 10.7. The van der Waals surface area contributed by atoms with E-state index in [2.05, 4.69) is 52.4 Å². The van der Waals surface area contributed by atoms with Crippen LogP contribution in [0.15, 0.2) is 46.9 Å². The standard InChI is InChI=1S/C16H17BrClN/c1-2-9-19-11-12-3-8-15(16(18)10-12)13-4-6-14(17)7-5-13/h3-8,10,19H,2,9,11H2,1H3. The van der Waals surface area contributed by atoms with E-state index in [-0.39, 0.29) is 0 Å². The van der Waals surface area contributed by atoms with E-state index in [1.807, 2.05) is 18.2 Å². The molecule has 0 atom stereocenters. The zero-order valence-electron chi connectivity index (χ0n) is 10.9. The molecule has 0 saturated heterocycles. The Balaban J connectivity index is 2.17. The summed E-state index contributed by atoms with van der Waals surface area (Å²) in [6, 6.07) is 14.5. The van der Waals surface area contributed by atoms with E-state index in [0.29, 0.717) is 0 Å². The molecule has 0 radical (unpaired) electrons. The van der Waals surface area contributed by atoms with Gasteiger partial charge in [0.25, 0.3) is 0 Å². The Morgan fingerprint density at radius 2 is 1.84 bits per heavy atom. The molecule has 0 unspecified atom stereocenters. The van der Waals surface area contributed by atoms with Crippen molar-refractivity contribution in [1.29, 1.82) is 0 Å². The van der Waals surface area contributed by atoms with Gasteiger partial charge in [0.1, 0.15) is 0 Å². The van der Waals surface area contributed by atoms with Crippen LogP contribution in [0, 0.1) is 0 Å². The van der Waals surface area contributed by atoms with Crippen LogP contribution < -0.4 is 5.32 Å². The fourth-order valence-corrected chi connectivity index (χ4v) is 2.52. The Labute approximate surface area is 128 Å². The zero-order chi connectivity index (χ0) is 13.7. The van der Waals surface area contributed by atoms with Crippen LogP contribution in [-0.4, -0.2) is 6.54 Å². The molecule has 0 heterocycles. The summed E-state index contributed by atoms with van der Waals surface area (Å²) in [6.07, 6.45) is 1.14. The lowest BCUT2D eigenvalue weighted by Gasteiger charge is -2.08. The lowest BCUT2D eigenvalue weighted by Crippen LogP contribution is -2.13. The first-order chi connectivity index (χ1) is 9.20. The van der Waals surface area contributed by atoms with Crippen molar-refractivity contribution in [3.05, 3.63) is 57.5 Å². The van der Waals surface area contributed by atoms with Crippen molar-refractivity contribution in [3.8, 4) is 11.1 Å². The molecule has 2 rings (SSSR count). The summed E-state index contributed by atoms with van der Waals surface area (Å²) in [4.78, 5) is 0. The van der Waals surface area contributed by atoms with E-state index in [0.717, 1.165) is 40.1 Å². The predicted molar refractivity (Wildman–Crippen MR) is 86.6 cm³/mol. The van der Waals surface area contributed by atoms with E-state index in [1.54, 1.807) is 0 Å². The number of hydrogen-bond donors (Lipinski definition) is 1. The Hall–Kier alpha value is -0.830. The molecule has 0 spiro atoms. The summed E-state index contributed by atoms with van der Waals surface area (Å²) in [5, 5.41) is 4.18. The molecule has 0 aliphatic heterocycles. The topological polar surface area (TPSA) is 12.0 Å². The van der Waals surface area contributed by atoms with Gasteiger partial charge in [0.15, 0.2) is 0 Å². The Morgan fingerprint density at radius 3 is 2.47 bits per heavy atom. The summed E-state index contributed by atoms with van der Waals surface area (Å²) < 4.78 is 1.08. The summed E-state index contributed by atoms with van der Waals surface area (Å²) in [5.41, 5.74) is 3.44. The van der Waals surface area contributed by atoms with Crippen LogP contribution in [0.2, 0.25) is 5.02 Å². The van der Waals surface area contributed by atoms with Crippen LogP contribution >= 0.6 is 27.5 Å². The van der Waals surface area contributed by atoms with Gasteiger partial charge < -0.3 is 5.32 Å². The minimum atomic E-state index is 0.804. The predicted octanol–water partition coefficient (Wildman–Crippen LogP) is 5.27. The van der Waals surface area contributed by atoms with Crippen LogP contribution in [0.1, 0.15) is 18.9 Å². The van der Waals surface area contributed by atoms with Gasteiger partial charge in [-0.3, -0.25) is 0 Å². The molecule has 19 heavy (non-hydrogen) atoms. The lowest BCUT2D eigenvalue weighted by atomic mass is 10.0. The molecular weight excluding hydrogens is 322 g/mol. The van der Waals surface area contributed by atoms with E-state index in [4.69, 9.17) is 11.6 Å². The van der Waals surface area contributed by atoms with Crippen molar-refractivity contribution in [2.75, 3.05) is 6.54 Å². The van der Waals surface area contributed by atoms with Crippen LogP contribution in [0.25, 0.3) is 11.1 Å². The second-order valence-electron chi connectivity index (χ2n) is 4.50. The van der Waals surface area contributed by atoms with E-state index < -0.39 is 0 Å².